The van der Waals surface area contributed by atoms with Gasteiger partial charge in [-0.2, -0.15) is 13.2 Å². The van der Waals surface area contributed by atoms with Crippen LogP contribution >= 0.6 is 0 Å². The standard InChI is InChI=1S/C16H21FN2O2.C2HF3O2/c1-18-16(20)15-7-6-13-14(21-15)8-9-19(13)10-11-2-4-12(17)5-3-11;3-2(4,5)1(6)7/h2-5,13-15H,6-10H2,1H3,(H,18,20);(H,6,7)/t13-,14-,15-;/m1./s1. The molecule has 6 nitrogen and oxygen atoms in total. The van der Waals surface area contributed by atoms with Gasteiger partial charge in [0.25, 0.3) is 0 Å². The number of rotatable bonds is 3. The van der Waals surface area contributed by atoms with Gasteiger partial charge >= 0.3 is 12.1 Å². The number of nitrogens with one attached hydrogen (secondary N) is 1. The zero-order valence-electron chi connectivity index (χ0n) is 15.2. The number of likely N-dealkylation sites (N-methyl/N-ethyl adjacent to an activating group) is 1. The molecule has 0 aliphatic carbocycles. The van der Waals surface area contributed by atoms with Gasteiger partial charge < -0.3 is 15.2 Å². The summed E-state index contributed by atoms with van der Waals surface area (Å²) in [6.45, 7) is 1.78. The van der Waals surface area contributed by atoms with E-state index in [1.54, 1.807) is 7.05 Å². The maximum Gasteiger partial charge on any atom is 0.490 e. The first-order chi connectivity index (χ1) is 13.1. The highest BCUT2D eigenvalue weighted by molar-refractivity contribution is 5.80. The van der Waals surface area contributed by atoms with Gasteiger partial charge in [-0.1, -0.05) is 12.1 Å². The van der Waals surface area contributed by atoms with E-state index in [0.29, 0.717) is 6.04 Å². The van der Waals surface area contributed by atoms with E-state index in [-0.39, 0.29) is 23.9 Å². The molecule has 0 aromatic heterocycles. The van der Waals surface area contributed by atoms with Crippen molar-refractivity contribution in [3.05, 3.63) is 35.6 Å². The summed E-state index contributed by atoms with van der Waals surface area (Å²) in [5.41, 5.74) is 1.12. The number of aliphatic carboxylic acids is 1. The number of amides is 1. The first-order valence-corrected chi connectivity index (χ1v) is 8.77. The number of benzene rings is 1. The lowest BCUT2D eigenvalue weighted by atomic mass is 9.98. The number of hydrogen-bond acceptors (Lipinski definition) is 4. The first kappa shape index (κ1) is 22.1. The first-order valence-electron chi connectivity index (χ1n) is 8.77. The summed E-state index contributed by atoms with van der Waals surface area (Å²) in [6.07, 6.45) is -2.55. The van der Waals surface area contributed by atoms with Crippen LogP contribution in [0.1, 0.15) is 24.8 Å². The summed E-state index contributed by atoms with van der Waals surface area (Å²) in [7, 11) is 1.65. The smallest absolute Gasteiger partial charge is 0.475 e. The average molecular weight is 406 g/mol. The number of alkyl halides is 3. The Hall–Kier alpha value is -2.20. The number of likely N-dealkylation sites (tertiary alicyclic amines) is 1. The molecule has 0 unspecified atom stereocenters. The van der Waals surface area contributed by atoms with Crippen LogP contribution in [0.3, 0.4) is 0 Å². The number of carbonyl (C=O) groups is 2. The van der Waals surface area contributed by atoms with E-state index in [1.165, 1.54) is 12.1 Å². The Morgan fingerprint density at radius 3 is 2.36 bits per heavy atom. The third-order valence-corrected chi connectivity index (χ3v) is 4.74. The van der Waals surface area contributed by atoms with Crippen LogP contribution < -0.4 is 5.32 Å². The minimum atomic E-state index is -5.08. The quantitative estimate of drug-likeness (QED) is 0.754. The van der Waals surface area contributed by atoms with Crippen LogP contribution in [-0.2, 0) is 20.9 Å². The second-order valence-electron chi connectivity index (χ2n) is 6.61. The maximum absolute atomic E-state index is 12.9. The van der Waals surface area contributed by atoms with Crippen LogP contribution in [0.5, 0.6) is 0 Å². The molecule has 3 atom stereocenters. The number of hydrogen-bond donors (Lipinski definition) is 2. The Morgan fingerprint density at radius 1 is 1.21 bits per heavy atom. The lowest BCUT2D eigenvalue weighted by molar-refractivity contribution is -0.192. The molecule has 2 aliphatic rings. The number of halogens is 4. The van der Waals surface area contributed by atoms with E-state index in [2.05, 4.69) is 10.2 Å². The van der Waals surface area contributed by atoms with Gasteiger partial charge in [0, 0.05) is 26.2 Å². The van der Waals surface area contributed by atoms with Crippen LogP contribution in [0.15, 0.2) is 24.3 Å². The third kappa shape index (κ3) is 5.90. The van der Waals surface area contributed by atoms with Gasteiger partial charge in [0.2, 0.25) is 5.91 Å². The monoisotopic (exact) mass is 406 g/mol. The molecule has 3 rings (SSSR count). The molecule has 28 heavy (non-hydrogen) atoms. The number of carboxylic acid groups (broad SMARTS) is 1. The summed E-state index contributed by atoms with van der Waals surface area (Å²) < 4.78 is 50.6. The molecule has 0 saturated carbocycles. The second kappa shape index (κ2) is 9.33. The molecule has 1 aromatic carbocycles. The normalized spacial score (nSPS) is 24.7. The van der Waals surface area contributed by atoms with Crippen molar-refractivity contribution >= 4 is 11.9 Å². The van der Waals surface area contributed by atoms with Gasteiger partial charge in [0.1, 0.15) is 11.9 Å². The SMILES string of the molecule is CNC(=O)[C@H]1CC[C@@H]2[C@@H](CCN2Cc2ccc(F)cc2)O1.O=C(O)C(F)(F)F. The van der Waals surface area contributed by atoms with E-state index < -0.39 is 12.1 Å². The molecular weight excluding hydrogens is 384 g/mol. The molecular formula is C18H22F4N2O4. The highest BCUT2D eigenvalue weighted by Gasteiger charge is 2.41. The van der Waals surface area contributed by atoms with Crippen molar-refractivity contribution in [3.8, 4) is 0 Å². The largest absolute Gasteiger partial charge is 0.490 e. The molecule has 156 valence electrons. The Labute approximate surface area is 159 Å². The molecule has 2 heterocycles. The second-order valence-corrected chi connectivity index (χ2v) is 6.61. The fraction of sp³-hybridized carbons (Fsp3) is 0.556. The molecule has 1 amide bonds. The molecule has 0 spiro atoms. The lowest BCUT2D eigenvalue weighted by Gasteiger charge is -2.35. The molecule has 2 N–H and O–H groups in total. The number of ether oxygens (including phenoxy) is 1. The molecule has 10 heteroatoms. The highest BCUT2D eigenvalue weighted by Crippen LogP contribution is 2.32. The molecule has 1 aromatic rings. The summed E-state index contributed by atoms with van der Waals surface area (Å²) in [4.78, 5) is 23.0. The molecule has 2 fully saturated rings. The van der Waals surface area contributed by atoms with Crippen LogP contribution in [-0.4, -0.2) is 59.9 Å². The van der Waals surface area contributed by atoms with Crippen molar-refractivity contribution in [2.75, 3.05) is 13.6 Å². The van der Waals surface area contributed by atoms with E-state index in [9.17, 15) is 22.4 Å². The summed E-state index contributed by atoms with van der Waals surface area (Å²) in [5.74, 6) is -2.98. The van der Waals surface area contributed by atoms with Gasteiger partial charge in [-0.05, 0) is 37.0 Å². The summed E-state index contributed by atoms with van der Waals surface area (Å²) >= 11 is 0. The highest BCUT2D eigenvalue weighted by atomic mass is 19.4. The zero-order chi connectivity index (χ0) is 20.9. The summed E-state index contributed by atoms with van der Waals surface area (Å²) in [5, 5.41) is 9.78. The van der Waals surface area contributed by atoms with Crippen molar-refractivity contribution in [2.24, 2.45) is 0 Å². The Balaban J connectivity index is 0.000000345. The Bertz CT molecular complexity index is 681. The van der Waals surface area contributed by atoms with Gasteiger partial charge in [0.05, 0.1) is 6.10 Å². The average Bonchev–Trinajstić information content (AvgIpc) is 3.04. The Morgan fingerprint density at radius 2 is 1.82 bits per heavy atom. The lowest BCUT2D eigenvalue weighted by Crippen LogP contribution is -2.47. The maximum atomic E-state index is 12.9. The summed E-state index contributed by atoms with van der Waals surface area (Å²) in [6, 6.07) is 7.04. The topological polar surface area (TPSA) is 78.9 Å². The predicted octanol–water partition coefficient (Wildman–Crippen LogP) is 2.33. The van der Waals surface area contributed by atoms with E-state index >= 15 is 0 Å². The van der Waals surface area contributed by atoms with Crippen molar-refractivity contribution in [1.29, 1.82) is 0 Å². The fourth-order valence-electron chi connectivity index (χ4n) is 3.39. The van der Waals surface area contributed by atoms with Crippen molar-refractivity contribution in [1.82, 2.24) is 10.2 Å². The van der Waals surface area contributed by atoms with E-state index in [0.717, 1.165) is 37.9 Å². The molecule has 0 radical (unpaired) electrons. The van der Waals surface area contributed by atoms with Crippen LogP contribution in [0.2, 0.25) is 0 Å². The molecule has 2 saturated heterocycles. The van der Waals surface area contributed by atoms with Crippen molar-refractivity contribution in [3.63, 3.8) is 0 Å². The van der Waals surface area contributed by atoms with Crippen molar-refractivity contribution in [2.45, 2.75) is 50.2 Å². The van der Waals surface area contributed by atoms with Gasteiger partial charge in [-0.3, -0.25) is 9.69 Å². The van der Waals surface area contributed by atoms with Gasteiger partial charge in [0.15, 0.2) is 0 Å². The fourth-order valence-corrected chi connectivity index (χ4v) is 3.39. The van der Waals surface area contributed by atoms with Gasteiger partial charge in [-0.15, -0.1) is 0 Å². The third-order valence-electron chi connectivity index (χ3n) is 4.74. The van der Waals surface area contributed by atoms with Crippen LogP contribution in [0.4, 0.5) is 17.6 Å². The minimum Gasteiger partial charge on any atom is -0.475 e. The number of nitrogens with zero attached hydrogens (tertiary/aromatic N) is 1. The van der Waals surface area contributed by atoms with Crippen LogP contribution in [0.25, 0.3) is 0 Å². The van der Waals surface area contributed by atoms with E-state index in [4.69, 9.17) is 14.6 Å². The number of carboxylic acids is 1. The number of carbonyl (C=O) groups excluding carboxylic acids is 1. The predicted molar refractivity (Wildman–Crippen MR) is 90.9 cm³/mol. The minimum absolute atomic E-state index is 0.0227. The van der Waals surface area contributed by atoms with E-state index in [1.807, 2.05) is 12.1 Å². The Kier molecular flexibility index (Phi) is 7.36. The molecule has 0 bridgehead atoms. The van der Waals surface area contributed by atoms with Crippen LogP contribution in [0, 0.1) is 5.82 Å². The van der Waals surface area contributed by atoms with Crippen molar-refractivity contribution < 1.29 is 37.0 Å². The molecule has 2 aliphatic heterocycles. The van der Waals surface area contributed by atoms with Gasteiger partial charge in [-0.25, -0.2) is 9.18 Å². The number of fused-ring (bicyclic) bond motifs is 1. The zero-order valence-corrected chi connectivity index (χ0v) is 15.2.